The van der Waals surface area contributed by atoms with E-state index in [2.05, 4.69) is 50.2 Å². The molecule has 6 nitrogen and oxygen atoms in total. The topological polar surface area (TPSA) is 70.2 Å². The minimum Gasteiger partial charge on any atom is -0.379 e. The van der Waals surface area contributed by atoms with E-state index in [1.165, 1.54) is 19.3 Å². The van der Waals surface area contributed by atoms with Gasteiger partial charge in [0.25, 0.3) is 5.91 Å². The number of halogens is 1. The zero-order chi connectivity index (χ0) is 17.9. The second-order valence-corrected chi connectivity index (χ2v) is 8.31. The van der Waals surface area contributed by atoms with Gasteiger partial charge in [0, 0.05) is 25.2 Å². The largest absolute Gasteiger partial charge is 0.379 e. The summed E-state index contributed by atoms with van der Waals surface area (Å²) in [5.41, 5.74) is 1.49. The lowest BCUT2D eigenvalue weighted by atomic mass is 9.79. The van der Waals surface area contributed by atoms with E-state index in [0.29, 0.717) is 18.2 Å². The van der Waals surface area contributed by atoms with Crippen LogP contribution in [-0.2, 0) is 4.74 Å². The van der Waals surface area contributed by atoms with Crippen LogP contribution in [-0.4, -0.2) is 59.4 Å². The van der Waals surface area contributed by atoms with Crippen LogP contribution in [0.5, 0.6) is 0 Å². The monoisotopic (exact) mass is 412 g/mol. The Hall–Kier alpha value is -0.920. The highest BCUT2D eigenvalue weighted by molar-refractivity contribution is 9.10. The number of rotatable bonds is 5. The van der Waals surface area contributed by atoms with Gasteiger partial charge in [0.05, 0.1) is 23.4 Å². The molecule has 1 amide bonds. The molecule has 1 aliphatic carbocycles. The van der Waals surface area contributed by atoms with E-state index < -0.39 is 0 Å². The van der Waals surface area contributed by atoms with Gasteiger partial charge >= 0.3 is 0 Å². The van der Waals surface area contributed by atoms with Gasteiger partial charge in [-0.1, -0.05) is 33.1 Å². The van der Waals surface area contributed by atoms with Crippen LogP contribution in [0.15, 0.2) is 4.47 Å². The van der Waals surface area contributed by atoms with Gasteiger partial charge in [-0.05, 0) is 34.7 Å². The Morgan fingerprint density at radius 2 is 2.00 bits per heavy atom. The molecule has 2 heterocycles. The Morgan fingerprint density at radius 1 is 1.32 bits per heavy atom. The number of morpholine rings is 1. The summed E-state index contributed by atoms with van der Waals surface area (Å²) in [5, 5.41) is 10.4. The molecule has 0 bridgehead atoms. The number of H-pyrrole nitrogens is 1. The van der Waals surface area contributed by atoms with Crippen molar-refractivity contribution < 1.29 is 9.53 Å². The summed E-state index contributed by atoms with van der Waals surface area (Å²) in [7, 11) is 0. The van der Waals surface area contributed by atoms with E-state index in [1.54, 1.807) is 0 Å². The second kappa shape index (κ2) is 8.18. The highest BCUT2D eigenvalue weighted by Crippen LogP contribution is 2.34. The molecule has 7 heteroatoms. The van der Waals surface area contributed by atoms with E-state index in [0.717, 1.165) is 49.3 Å². The van der Waals surface area contributed by atoms with Crippen LogP contribution < -0.4 is 5.32 Å². The first-order valence-corrected chi connectivity index (χ1v) is 10.2. The van der Waals surface area contributed by atoms with Crippen LogP contribution in [0.25, 0.3) is 0 Å². The minimum absolute atomic E-state index is 0.0708. The number of nitrogens with one attached hydrogen (secondary N) is 2. The molecule has 2 fully saturated rings. The number of hydrogen-bond acceptors (Lipinski definition) is 4. The van der Waals surface area contributed by atoms with E-state index in [4.69, 9.17) is 4.74 Å². The molecular weight excluding hydrogens is 384 g/mol. The number of aromatic nitrogens is 2. The van der Waals surface area contributed by atoms with Crippen molar-refractivity contribution in [2.45, 2.75) is 57.4 Å². The fourth-order valence-electron chi connectivity index (χ4n) is 4.06. The average Bonchev–Trinajstić information content (AvgIpc) is 3.03. The first-order valence-electron chi connectivity index (χ1n) is 9.38. The third-order valence-corrected chi connectivity index (χ3v) is 6.37. The summed E-state index contributed by atoms with van der Waals surface area (Å²) in [6.07, 6.45) is 6.05. The molecule has 0 radical (unpaired) electrons. The summed E-state index contributed by atoms with van der Waals surface area (Å²) >= 11 is 3.53. The first kappa shape index (κ1) is 18.9. The average molecular weight is 413 g/mol. The van der Waals surface area contributed by atoms with Crippen LogP contribution in [0.2, 0.25) is 0 Å². The summed E-state index contributed by atoms with van der Waals surface area (Å²) in [5.74, 6) is 0.190. The molecule has 3 rings (SSSR count). The van der Waals surface area contributed by atoms with Crippen LogP contribution >= 0.6 is 15.9 Å². The van der Waals surface area contributed by atoms with Gasteiger partial charge in [-0.25, -0.2) is 0 Å². The van der Waals surface area contributed by atoms with Gasteiger partial charge in [0.15, 0.2) is 5.69 Å². The van der Waals surface area contributed by atoms with Gasteiger partial charge in [0.2, 0.25) is 0 Å². The molecule has 2 aliphatic rings. The summed E-state index contributed by atoms with van der Waals surface area (Å²) < 4.78 is 6.30. The Kier molecular flexibility index (Phi) is 6.17. The summed E-state index contributed by atoms with van der Waals surface area (Å²) in [6.45, 7) is 8.34. The van der Waals surface area contributed by atoms with Crippen LogP contribution in [0.4, 0.5) is 0 Å². The first-order chi connectivity index (χ1) is 12.0. The van der Waals surface area contributed by atoms with Crippen LogP contribution in [0.1, 0.15) is 68.1 Å². The standard InChI is InChI=1S/C18H29BrN4O2/c1-13(2)15-14(19)16(22-21-15)17(24)20-12-18(6-4-3-5-7-18)23-8-10-25-11-9-23/h13H,3-12H2,1-2H3,(H,20,24)(H,21,22). The zero-order valence-electron chi connectivity index (χ0n) is 15.2. The number of carbonyl (C=O) groups is 1. The predicted molar refractivity (Wildman–Crippen MR) is 101 cm³/mol. The molecule has 0 atom stereocenters. The number of aromatic amines is 1. The molecule has 1 saturated carbocycles. The highest BCUT2D eigenvalue weighted by Gasteiger charge is 2.39. The van der Waals surface area contributed by atoms with Crippen molar-refractivity contribution in [1.29, 1.82) is 0 Å². The normalized spacial score (nSPS) is 21.4. The predicted octanol–water partition coefficient (Wildman–Crippen LogP) is 3.06. The Morgan fingerprint density at radius 3 is 2.60 bits per heavy atom. The Balaban J connectivity index is 1.69. The smallest absolute Gasteiger partial charge is 0.273 e. The fraction of sp³-hybridized carbons (Fsp3) is 0.778. The molecule has 1 aromatic rings. The maximum atomic E-state index is 12.7. The number of amides is 1. The van der Waals surface area contributed by atoms with Crippen molar-refractivity contribution in [2.75, 3.05) is 32.8 Å². The third-order valence-electron chi connectivity index (χ3n) is 5.57. The Bertz CT molecular complexity index is 590. The van der Waals surface area contributed by atoms with E-state index >= 15 is 0 Å². The lowest BCUT2D eigenvalue weighted by Gasteiger charge is -2.48. The fourth-order valence-corrected chi connectivity index (χ4v) is 4.87. The van der Waals surface area contributed by atoms with E-state index in [1.807, 2.05) is 0 Å². The second-order valence-electron chi connectivity index (χ2n) is 7.52. The van der Waals surface area contributed by atoms with E-state index in [-0.39, 0.29) is 11.4 Å². The van der Waals surface area contributed by atoms with Gasteiger partial charge in [-0.3, -0.25) is 14.8 Å². The molecule has 1 aliphatic heterocycles. The molecule has 25 heavy (non-hydrogen) atoms. The van der Waals surface area contributed by atoms with Crippen molar-refractivity contribution in [3.8, 4) is 0 Å². The number of nitrogens with zero attached hydrogens (tertiary/aromatic N) is 2. The van der Waals surface area contributed by atoms with Crippen molar-refractivity contribution in [2.24, 2.45) is 0 Å². The zero-order valence-corrected chi connectivity index (χ0v) is 16.8. The quantitative estimate of drug-likeness (QED) is 0.779. The minimum atomic E-state index is -0.103. The number of hydrogen-bond donors (Lipinski definition) is 2. The SMILES string of the molecule is CC(C)c1[nH]nc(C(=O)NCC2(N3CCOCC3)CCCCC2)c1Br. The van der Waals surface area contributed by atoms with Gasteiger partial charge in [0.1, 0.15) is 0 Å². The highest BCUT2D eigenvalue weighted by atomic mass is 79.9. The molecule has 140 valence electrons. The maximum absolute atomic E-state index is 12.7. The molecule has 1 saturated heterocycles. The molecule has 1 aromatic heterocycles. The lowest BCUT2D eigenvalue weighted by Crippen LogP contribution is -2.59. The van der Waals surface area contributed by atoms with Crippen molar-refractivity contribution in [3.63, 3.8) is 0 Å². The van der Waals surface area contributed by atoms with Crippen LogP contribution in [0.3, 0.4) is 0 Å². The van der Waals surface area contributed by atoms with Gasteiger partial charge < -0.3 is 10.1 Å². The number of ether oxygens (including phenoxy) is 1. The van der Waals surface area contributed by atoms with E-state index in [9.17, 15) is 4.79 Å². The van der Waals surface area contributed by atoms with Gasteiger partial charge in [-0.2, -0.15) is 5.10 Å². The molecule has 0 unspecified atom stereocenters. The lowest BCUT2D eigenvalue weighted by molar-refractivity contribution is -0.0361. The van der Waals surface area contributed by atoms with Crippen molar-refractivity contribution >= 4 is 21.8 Å². The van der Waals surface area contributed by atoms with Crippen molar-refractivity contribution in [1.82, 2.24) is 20.4 Å². The summed E-state index contributed by atoms with van der Waals surface area (Å²) in [4.78, 5) is 15.2. The summed E-state index contributed by atoms with van der Waals surface area (Å²) in [6, 6.07) is 0. The number of carbonyl (C=O) groups excluding carboxylic acids is 1. The van der Waals surface area contributed by atoms with Crippen LogP contribution in [0, 0.1) is 0 Å². The van der Waals surface area contributed by atoms with Gasteiger partial charge in [-0.15, -0.1) is 0 Å². The molecule has 2 N–H and O–H groups in total. The maximum Gasteiger partial charge on any atom is 0.273 e. The Labute approximate surface area is 158 Å². The third kappa shape index (κ3) is 4.09. The molecule has 0 aromatic carbocycles. The van der Waals surface area contributed by atoms with Crippen molar-refractivity contribution in [3.05, 3.63) is 15.9 Å². The molecule has 0 spiro atoms. The molecular formula is C18H29BrN4O2.